The van der Waals surface area contributed by atoms with Gasteiger partial charge in [0.15, 0.2) is 11.5 Å². The van der Waals surface area contributed by atoms with Gasteiger partial charge in [-0.25, -0.2) is 12.8 Å². The van der Waals surface area contributed by atoms with Crippen LogP contribution in [0, 0.1) is 5.82 Å². The molecule has 1 aliphatic rings. The van der Waals surface area contributed by atoms with Crippen LogP contribution in [0.2, 0.25) is 0 Å². The molecule has 3 aromatic rings. The lowest BCUT2D eigenvalue weighted by Crippen LogP contribution is -2.53. The van der Waals surface area contributed by atoms with E-state index in [-0.39, 0.29) is 36.8 Å². The van der Waals surface area contributed by atoms with Crippen molar-refractivity contribution in [2.45, 2.75) is 39.3 Å². The molecular weight excluding hydrogens is 549 g/mol. The molecule has 0 bridgehead atoms. The first-order chi connectivity index (χ1) is 19.7. The van der Waals surface area contributed by atoms with Crippen LogP contribution in [0.15, 0.2) is 72.8 Å². The summed E-state index contributed by atoms with van der Waals surface area (Å²) in [5, 5.41) is 2.85. The lowest BCUT2D eigenvalue weighted by molar-refractivity contribution is -0.140. The number of carbonyl (C=O) groups is 2. The van der Waals surface area contributed by atoms with Gasteiger partial charge in [0.25, 0.3) is 0 Å². The number of rotatable bonds is 13. The fourth-order valence-electron chi connectivity index (χ4n) is 4.49. The van der Waals surface area contributed by atoms with Crippen LogP contribution in [0.4, 0.5) is 10.1 Å². The standard InChI is InChI=1S/C30H34FN3O6S/c1-3-16-32-30(36)26(17-22-10-6-5-7-11-22)33(19-23-12-8-9-13-25(23)31)29(35)20-34(41(37,38)4-2)24-14-15-27-28(18-24)40-21-39-27/h5-15,18,26H,3-4,16-17,19-21H2,1-2H3,(H,32,36). The molecule has 0 spiro atoms. The summed E-state index contributed by atoms with van der Waals surface area (Å²) in [5.41, 5.74) is 1.21. The number of hydrogen-bond acceptors (Lipinski definition) is 6. The molecule has 9 nitrogen and oxygen atoms in total. The van der Waals surface area contributed by atoms with E-state index >= 15 is 0 Å². The van der Waals surface area contributed by atoms with Crippen LogP contribution in [0.1, 0.15) is 31.4 Å². The van der Waals surface area contributed by atoms with Crippen LogP contribution in [0.5, 0.6) is 11.5 Å². The quantitative estimate of drug-likeness (QED) is 0.328. The SMILES string of the molecule is CCCNC(=O)C(Cc1ccccc1)N(Cc1ccccc1F)C(=O)CN(c1ccc2c(c1)OCO2)S(=O)(=O)CC. The largest absolute Gasteiger partial charge is 0.454 e. The van der Waals surface area contributed by atoms with Crippen molar-refractivity contribution in [1.82, 2.24) is 10.2 Å². The van der Waals surface area contributed by atoms with Gasteiger partial charge in [0.05, 0.1) is 11.4 Å². The fourth-order valence-corrected chi connectivity index (χ4v) is 5.54. The Balaban J connectivity index is 1.74. The molecule has 3 aromatic carbocycles. The van der Waals surface area contributed by atoms with E-state index in [1.54, 1.807) is 12.1 Å². The molecule has 218 valence electrons. The normalized spacial score (nSPS) is 13.0. The third-order valence-corrected chi connectivity index (χ3v) is 8.48. The molecule has 0 aliphatic carbocycles. The van der Waals surface area contributed by atoms with Crippen molar-refractivity contribution >= 4 is 27.5 Å². The number of fused-ring (bicyclic) bond motifs is 1. The summed E-state index contributed by atoms with van der Waals surface area (Å²) >= 11 is 0. The number of anilines is 1. The molecule has 0 radical (unpaired) electrons. The highest BCUT2D eigenvalue weighted by Crippen LogP contribution is 2.36. The van der Waals surface area contributed by atoms with Crippen LogP contribution in [-0.2, 0) is 32.6 Å². The molecule has 1 aliphatic heterocycles. The molecule has 0 saturated carbocycles. The summed E-state index contributed by atoms with van der Waals surface area (Å²) in [7, 11) is -3.94. The third-order valence-electron chi connectivity index (χ3n) is 6.74. The molecule has 0 fully saturated rings. The Morgan fingerprint density at radius 1 is 0.976 bits per heavy atom. The maximum Gasteiger partial charge on any atom is 0.244 e. The molecular formula is C30H34FN3O6S. The van der Waals surface area contributed by atoms with Gasteiger partial charge in [-0.2, -0.15) is 0 Å². The number of amides is 2. The van der Waals surface area contributed by atoms with Gasteiger partial charge < -0.3 is 19.7 Å². The highest BCUT2D eigenvalue weighted by atomic mass is 32.2. The van der Waals surface area contributed by atoms with Gasteiger partial charge in [-0.1, -0.05) is 55.5 Å². The topological polar surface area (TPSA) is 105 Å². The van der Waals surface area contributed by atoms with E-state index in [0.29, 0.717) is 24.5 Å². The Kier molecular flexibility index (Phi) is 9.82. The van der Waals surface area contributed by atoms with E-state index in [2.05, 4.69) is 5.32 Å². The van der Waals surface area contributed by atoms with Crippen LogP contribution in [-0.4, -0.2) is 56.8 Å². The first-order valence-electron chi connectivity index (χ1n) is 13.5. The summed E-state index contributed by atoms with van der Waals surface area (Å²) in [6, 6.07) is 18.8. The zero-order valence-corrected chi connectivity index (χ0v) is 23.9. The number of halogens is 1. The summed E-state index contributed by atoms with van der Waals surface area (Å²) < 4.78 is 53.1. The van der Waals surface area contributed by atoms with Gasteiger partial charge in [0.1, 0.15) is 18.4 Å². The van der Waals surface area contributed by atoms with Crippen molar-refractivity contribution in [3.8, 4) is 11.5 Å². The van der Waals surface area contributed by atoms with Crippen molar-refractivity contribution in [3.63, 3.8) is 0 Å². The van der Waals surface area contributed by atoms with Crippen LogP contribution >= 0.6 is 0 Å². The van der Waals surface area contributed by atoms with Gasteiger partial charge in [-0.05, 0) is 37.1 Å². The number of ether oxygens (including phenoxy) is 2. The van der Waals surface area contributed by atoms with Gasteiger partial charge >= 0.3 is 0 Å². The summed E-state index contributed by atoms with van der Waals surface area (Å²) in [6.45, 7) is 2.95. The maximum absolute atomic E-state index is 14.8. The van der Waals surface area contributed by atoms with Crippen molar-refractivity contribution < 1.29 is 31.9 Å². The second-order valence-electron chi connectivity index (χ2n) is 9.55. The molecule has 1 atom stereocenters. The Labute approximate surface area is 239 Å². The summed E-state index contributed by atoms with van der Waals surface area (Å²) in [4.78, 5) is 28.9. The minimum Gasteiger partial charge on any atom is -0.454 e. The molecule has 4 rings (SSSR count). The van der Waals surface area contributed by atoms with E-state index in [0.717, 1.165) is 9.87 Å². The molecule has 1 unspecified atom stereocenters. The first-order valence-corrected chi connectivity index (χ1v) is 15.1. The minimum atomic E-state index is -3.94. The molecule has 2 amide bonds. The number of nitrogens with zero attached hydrogens (tertiary/aromatic N) is 2. The third kappa shape index (κ3) is 7.35. The van der Waals surface area contributed by atoms with E-state index in [1.165, 1.54) is 42.2 Å². The number of benzene rings is 3. The van der Waals surface area contributed by atoms with Crippen LogP contribution < -0.4 is 19.1 Å². The van der Waals surface area contributed by atoms with Crippen LogP contribution in [0.3, 0.4) is 0 Å². The lowest BCUT2D eigenvalue weighted by Gasteiger charge is -2.33. The summed E-state index contributed by atoms with van der Waals surface area (Å²) in [5.74, 6) is -1.05. The van der Waals surface area contributed by atoms with Gasteiger partial charge in [-0.15, -0.1) is 0 Å². The number of sulfonamides is 1. The highest BCUT2D eigenvalue weighted by molar-refractivity contribution is 7.92. The number of nitrogens with one attached hydrogen (secondary N) is 1. The molecule has 1 N–H and O–H groups in total. The van der Waals surface area contributed by atoms with E-state index in [9.17, 15) is 22.4 Å². The molecule has 11 heteroatoms. The molecule has 1 heterocycles. The fraction of sp³-hybridized carbons (Fsp3) is 0.333. The Morgan fingerprint density at radius 2 is 1.68 bits per heavy atom. The van der Waals surface area contributed by atoms with Crippen molar-refractivity contribution in [2.75, 3.05) is 29.9 Å². The van der Waals surface area contributed by atoms with Crippen LogP contribution in [0.25, 0.3) is 0 Å². The zero-order chi connectivity index (χ0) is 29.4. The van der Waals surface area contributed by atoms with Gasteiger partial charge in [-0.3, -0.25) is 13.9 Å². The number of hydrogen-bond donors (Lipinski definition) is 1. The van der Waals surface area contributed by atoms with E-state index < -0.39 is 40.2 Å². The second-order valence-corrected chi connectivity index (χ2v) is 11.7. The summed E-state index contributed by atoms with van der Waals surface area (Å²) in [6.07, 6.45) is 0.832. The highest BCUT2D eigenvalue weighted by Gasteiger charge is 2.34. The Bertz CT molecular complexity index is 1470. The monoisotopic (exact) mass is 583 g/mol. The minimum absolute atomic E-state index is 0.00268. The molecule has 0 aromatic heterocycles. The Hall–Kier alpha value is -4.12. The predicted molar refractivity (Wildman–Crippen MR) is 154 cm³/mol. The predicted octanol–water partition coefficient (Wildman–Crippen LogP) is 3.88. The van der Waals surface area contributed by atoms with Crippen molar-refractivity contribution in [2.24, 2.45) is 0 Å². The molecule has 41 heavy (non-hydrogen) atoms. The van der Waals surface area contributed by atoms with Crippen molar-refractivity contribution in [3.05, 3.63) is 89.7 Å². The van der Waals surface area contributed by atoms with Gasteiger partial charge in [0, 0.05) is 31.1 Å². The number of carbonyl (C=O) groups excluding carboxylic acids is 2. The van der Waals surface area contributed by atoms with Gasteiger partial charge in [0.2, 0.25) is 28.6 Å². The van der Waals surface area contributed by atoms with Crippen molar-refractivity contribution in [1.29, 1.82) is 0 Å². The maximum atomic E-state index is 14.8. The smallest absolute Gasteiger partial charge is 0.244 e. The zero-order valence-electron chi connectivity index (χ0n) is 23.1. The molecule has 0 saturated heterocycles. The lowest BCUT2D eigenvalue weighted by atomic mass is 10.0. The van der Waals surface area contributed by atoms with E-state index in [1.807, 2.05) is 37.3 Å². The Morgan fingerprint density at radius 3 is 2.39 bits per heavy atom. The average molecular weight is 584 g/mol. The average Bonchev–Trinajstić information content (AvgIpc) is 3.45. The second kappa shape index (κ2) is 13.5. The van der Waals surface area contributed by atoms with E-state index in [4.69, 9.17) is 9.47 Å². The first kappa shape index (κ1) is 29.9.